The number of esters is 1. The minimum atomic E-state index is -0.379. The minimum absolute atomic E-state index is 0.246. The molecule has 1 aromatic heterocycles. The Morgan fingerprint density at radius 2 is 2.00 bits per heavy atom. The molecule has 8 heteroatoms. The molecule has 34 heavy (non-hydrogen) atoms. The molecule has 2 aromatic carbocycles. The lowest BCUT2D eigenvalue weighted by molar-refractivity contribution is -0.146. The van der Waals surface area contributed by atoms with Gasteiger partial charge in [-0.3, -0.25) is 14.2 Å². The van der Waals surface area contributed by atoms with Gasteiger partial charge in [0.15, 0.2) is 0 Å². The molecule has 2 atom stereocenters. The molecule has 7 nitrogen and oxygen atoms in total. The topological polar surface area (TPSA) is 82.4 Å². The number of ether oxygens (including phenoxy) is 2. The molecule has 4 rings (SSSR count). The first-order chi connectivity index (χ1) is 16.4. The number of anilines is 1. The van der Waals surface area contributed by atoms with Gasteiger partial charge >= 0.3 is 5.97 Å². The van der Waals surface area contributed by atoms with Crippen LogP contribution in [0, 0.1) is 0 Å². The van der Waals surface area contributed by atoms with Gasteiger partial charge < -0.3 is 14.8 Å². The third kappa shape index (κ3) is 4.40. The van der Waals surface area contributed by atoms with Gasteiger partial charge in [0.05, 0.1) is 23.9 Å². The Bertz CT molecular complexity index is 1290. The highest BCUT2D eigenvalue weighted by Crippen LogP contribution is 2.37. The second-order valence-electron chi connectivity index (χ2n) is 8.18. The Morgan fingerprint density at radius 3 is 2.65 bits per heavy atom. The Hall–Kier alpha value is -3.32. The van der Waals surface area contributed by atoms with E-state index >= 15 is 0 Å². The van der Waals surface area contributed by atoms with Gasteiger partial charge in [-0.25, -0.2) is 4.98 Å². The molecule has 1 aliphatic carbocycles. The summed E-state index contributed by atoms with van der Waals surface area (Å²) in [5, 5.41) is 3.91. The highest BCUT2D eigenvalue weighted by atomic mass is 35.5. The third-order valence-corrected chi connectivity index (χ3v) is 6.43. The summed E-state index contributed by atoms with van der Waals surface area (Å²) < 4.78 is 12.6. The normalized spacial score (nSPS) is 16.7. The van der Waals surface area contributed by atoms with Gasteiger partial charge in [-0.05, 0) is 42.7 Å². The number of nitrogens with zero attached hydrogens (tertiary/aromatic N) is 2. The van der Waals surface area contributed by atoms with E-state index in [9.17, 15) is 9.59 Å². The van der Waals surface area contributed by atoms with Gasteiger partial charge in [-0.1, -0.05) is 42.8 Å². The van der Waals surface area contributed by atoms with Gasteiger partial charge in [0.25, 0.3) is 5.56 Å². The molecule has 3 aromatic rings. The van der Waals surface area contributed by atoms with Gasteiger partial charge in [0, 0.05) is 25.5 Å². The maximum atomic E-state index is 13.6. The minimum Gasteiger partial charge on any atom is -0.497 e. The molecule has 0 aliphatic heterocycles. The fourth-order valence-electron chi connectivity index (χ4n) is 4.52. The van der Waals surface area contributed by atoms with E-state index in [1.165, 1.54) is 6.92 Å². The number of carbonyl (C=O) groups excluding carboxylic acids is 1. The molecular weight excluding hydrogens is 454 g/mol. The largest absolute Gasteiger partial charge is 0.497 e. The zero-order chi connectivity index (χ0) is 24.4. The van der Waals surface area contributed by atoms with Crippen molar-refractivity contribution in [2.75, 3.05) is 12.4 Å². The summed E-state index contributed by atoms with van der Waals surface area (Å²) in [6.07, 6.45) is 0.824. The predicted molar refractivity (Wildman–Crippen MR) is 133 cm³/mol. The van der Waals surface area contributed by atoms with Crippen LogP contribution >= 0.6 is 11.6 Å². The van der Waals surface area contributed by atoms with Crippen molar-refractivity contribution in [1.82, 2.24) is 9.55 Å². The Morgan fingerprint density at radius 1 is 1.24 bits per heavy atom. The number of halogens is 1. The molecule has 178 valence electrons. The fourth-order valence-corrected chi connectivity index (χ4v) is 4.78. The average molecular weight is 482 g/mol. The zero-order valence-corrected chi connectivity index (χ0v) is 20.5. The maximum absolute atomic E-state index is 13.6. The molecule has 2 unspecified atom stereocenters. The fraction of sp³-hybridized carbons (Fsp3) is 0.346. The lowest BCUT2D eigenvalue weighted by Crippen LogP contribution is -2.32. The zero-order valence-electron chi connectivity index (χ0n) is 19.7. The highest BCUT2D eigenvalue weighted by molar-refractivity contribution is 6.33. The predicted octanol–water partition coefficient (Wildman–Crippen LogP) is 4.80. The maximum Gasteiger partial charge on any atom is 0.302 e. The molecule has 0 saturated carbocycles. The summed E-state index contributed by atoms with van der Waals surface area (Å²) in [6, 6.07) is 12.9. The quantitative estimate of drug-likeness (QED) is 0.488. The summed E-state index contributed by atoms with van der Waals surface area (Å²) in [7, 11) is 1.56. The van der Waals surface area contributed by atoms with Crippen molar-refractivity contribution in [3.8, 4) is 17.0 Å². The van der Waals surface area contributed by atoms with E-state index < -0.39 is 0 Å². The molecule has 0 saturated heterocycles. The SMILES string of the molecule is CCc1nc(-c2ccc(OC)cc2Cl)c(=O)n(CC)c1NC1c2ccccc2CC1OC(C)=O. The van der Waals surface area contributed by atoms with E-state index in [1.807, 2.05) is 38.1 Å². The molecule has 1 N–H and O–H groups in total. The van der Waals surface area contributed by atoms with Crippen LogP contribution < -0.4 is 15.6 Å². The van der Waals surface area contributed by atoms with Crippen molar-refractivity contribution in [1.29, 1.82) is 0 Å². The van der Waals surface area contributed by atoms with Crippen LogP contribution in [0.3, 0.4) is 0 Å². The lowest BCUT2D eigenvalue weighted by atomic mass is 10.1. The van der Waals surface area contributed by atoms with Crippen molar-refractivity contribution in [2.24, 2.45) is 0 Å². The molecule has 0 radical (unpaired) electrons. The first-order valence-corrected chi connectivity index (χ1v) is 11.7. The second-order valence-corrected chi connectivity index (χ2v) is 8.58. The third-order valence-electron chi connectivity index (χ3n) is 6.11. The van der Waals surface area contributed by atoms with Crippen LogP contribution in [0.2, 0.25) is 5.02 Å². The van der Waals surface area contributed by atoms with Crippen molar-refractivity contribution in [3.63, 3.8) is 0 Å². The molecule has 0 bridgehead atoms. The number of benzene rings is 2. The molecule has 1 aliphatic rings. The standard InChI is InChI=1S/C26H28ClN3O4/c1-5-21-25(29-23-18-10-8-7-9-16(18)13-22(23)34-15(3)31)30(6-2)26(32)24(28-21)19-12-11-17(33-4)14-20(19)27/h7-12,14,22-23,29H,5-6,13H2,1-4H3. The van der Waals surface area contributed by atoms with Gasteiger partial charge in [-0.2, -0.15) is 0 Å². The van der Waals surface area contributed by atoms with Crippen molar-refractivity contribution >= 4 is 23.4 Å². The molecule has 0 fully saturated rings. The van der Waals surface area contributed by atoms with E-state index in [0.717, 1.165) is 16.8 Å². The Balaban J connectivity index is 1.82. The van der Waals surface area contributed by atoms with Crippen LogP contribution in [0.4, 0.5) is 5.82 Å². The number of rotatable bonds is 7. The van der Waals surface area contributed by atoms with Crippen LogP contribution in [0.1, 0.15) is 43.6 Å². The monoisotopic (exact) mass is 481 g/mol. The summed E-state index contributed by atoms with van der Waals surface area (Å²) >= 11 is 6.47. The van der Waals surface area contributed by atoms with Gasteiger partial charge in [-0.15, -0.1) is 0 Å². The smallest absolute Gasteiger partial charge is 0.302 e. The van der Waals surface area contributed by atoms with E-state index in [2.05, 4.69) is 5.32 Å². The number of nitrogens with one attached hydrogen (secondary N) is 1. The second kappa shape index (κ2) is 9.89. The van der Waals surface area contributed by atoms with Crippen LogP contribution in [0.5, 0.6) is 5.75 Å². The number of hydrogen-bond donors (Lipinski definition) is 1. The van der Waals surface area contributed by atoms with Crippen molar-refractivity contribution in [3.05, 3.63) is 74.7 Å². The molecular formula is C26H28ClN3O4. The van der Waals surface area contributed by atoms with Gasteiger partial charge in [0.1, 0.15) is 23.4 Å². The van der Waals surface area contributed by atoms with Crippen LogP contribution in [-0.4, -0.2) is 28.7 Å². The molecule has 0 amide bonds. The van der Waals surface area contributed by atoms with E-state index in [1.54, 1.807) is 29.9 Å². The Labute approximate surface area is 203 Å². The van der Waals surface area contributed by atoms with E-state index in [0.29, 0.717) is 47.2 Å². The summed E-state index contributed by atoms with van der Waals surface area (Å²) in [5.41, 5.74) is 3.50. The average Bonchev–Trinajstić information content (AvgIpc) is 3.16. The molecule has 0 spiro atoms. The van der Waals surface area contributed by atoms with Crippen LogP contribution in [0.25, 0.3) is 11.3 Å². The van der Waals surface area contributed by atoms with Gasteiger partial charge in [0.2, 0.25) is 0 Å². The first kappa shape index (κ1) is 23.8. The number of carbonyl (C=O) groups is 1. The van der Waals surface area contributed by atoms with E-state index in [-0.39, 0.29) is 23.7 Å². The number of methoxy groups -OCH3 is 1. The summed E-state index contributed by atoms with van der Waals surface area (Å²) in [6.45, 7) is 5.75. The van der Waals surface area contributed by atoms with Crippen molar-refractivity contribution < 1.29 is 14.3 Å². The summed E-state index contributed by atoms with van der Waals surface area (Å²) in [4.78, 5) is 30.1. The summed E-state index contributed by atoms with van der Waals surface area (Å²) in [5.74, 6) is 0.896. The number of fused-ring (bicyclic) bond motifs is 1. The molecule has 1 heterocycles. The number of aryl methyl sites for hydroxylation is 1. The van der Waals surface area contributed by atoms with E-state index in [4.69, 9.17) is 26.1 Å². The van der Waals surface area contributed by atoms with Crippen molar-refractivity contribution in [2.45, 2.75) is 52.3 Å². The van der Waals surface area contributed by atoms with Crippen LogP contribution in [0.15, 0.2) is 47.3 Å². The Kier molecular flexibility index (Phi) is 6.93. The highest BCUT2D eigenvalue weighted by Gasteiger charge is 2.36. The number of aromatic nitrogens is 2. The number of hydrogen-bond acceptors (Lipinski definition) is 6. The van der Waals surface area contributed by atoms with Crippen LogP contribution in [-0.2, 0) is 28.9 Å². The lowest BCUT2D eigenvalue weighted by Gasteiger charge is -2.26. The first-order valence-electron chi connectivity index (χ1n) is 11.4.